The number of benzene rings is 1. The van der Waals surface area contributed by atoms with Gasteiger partial charge in [0.25, 0.3) is 5.91 Å². The molecule has 4 heteroatoms. The second-order valence-corrected chi connectivity index (χ2v) is 6.25. The number of carbonyl (C=O) groups excluding carboxylic acids is 1. The lowest BCUT2D eigenvalue weighted by Gasteiger charge is -2.27. The SMILES string of the molecule is Nc1cccc(C(=O)N2CCCN(C3CCCC3)CC2)c1. The molecule has 114 valence electrons. The summed E-state index contributed by atoms with van der Waals surface area (Å²) in [5, 5.41) is 0. The molecule has 1 aromatic rings. The molecular weight excluding hydrogens is 262 g/mol. The van der Waals surface area contributed by atoms with Crippen LogP contribution in [0.5, 0.6) is 0 Å². The molecule has 2 fully saturated rings. The van der Waals surface area contributed by atoms with E-state index in [1.807, 2.05) is 23.1 Å². The number of hydrogen-bond donors (Lipinski definition) is 1. The third-order valence-electron chi connectivity index (χ3n) is 4.79. The van der Waals surface area contributed by atoms with E-state index in [0.717, 1.165) is 38.6 Å². The van der Waals surface area contributed by atoms with Gasteiger partial charge in [0, 0.05) is 43.5 Å². The van der Waals surface area contributed by atoms with Crippen molar-refractivity contribution in [3.63, 3.8) is 0 Å². The zero-order valence-electron chi connectivity index (χ0n) is 12.6. The van der Waals surface area contributed by atoms with Crippen LogP contribution < -0.4 is 5.73 Å². The topological polar surface area (TPSA) is 49.6 Å². The van der Waals surface area contributed by atoms with Crippen molar-refractivity contribution in [1.29, 1.82) is 0 Å². The van der Waals surface area contributed by atoms with Gasteiger partial charge in [-0.25, -0.2) is 0 Å². The molecule has 1 amide bonds. The molecule has 1 aliphatic heterocycles. The fraction of sp³-hybridized carbons (Fsp3) is 0.588. The smallest absolute Gasteiger partial charge is 0.253 e. The summed E-state index contributed by atoms with van der Waals surface area (Å²) in [4.78, 5) is 17.2. The zero-order chi connectivity index (χ0) is 14.7. The van der Waals surface area contributed by atoms with Crippen LogP contribution in [-0.4, -0.2) is 47.9 Å². The van der Waals surface area contributed by atoms with Gasteiger partial charge in [-0.1, -0.05) is 18.9 Å². The predicted molar refractivity (Wildman–Crippen MR) is 85.2 cm³/mol. The highest BCUT2D eigenvalue weighted by atomic mass is 16.2. The molecule has 0 radical (unpaired) electrons. The quantitative estimate of drug-likeness (QED) is 0.850. The Bertz CT molecular complexity index is 497. The van der Waals surface area contributed by atoms with Crippen molar-refractivity contribution in [3.8, 4) is 0 Å². The normalized spacial score (nSPS) is 21.4. The third kappa shape index (κ3) is 3.38. The van der Waals surface area contributed by atoms with E-state index in [2.05, 4.69) is 4.90 Å². The van der Waals surface area contributed by atoms with Crippen LogP contribution in [0.3, 0.4) is 0 Å². The van der Waals surface area contributed by atoms with Crippen molar-refractivity contribution in [2.75, 3.05) is 31.9 Å². The third-order valence-corrected chi connectivity index (χ3v) is 4.79. The van der Waals surface area contributed by atoms with Crippen LogP contribution in [-0.2, 0) is 0 Å². The molecule has 0 atom stereocenters. The Labute approximate surface area is 126 Å². The van der Waals surface area contributed by atoms with Crippen molar-refractivity contribution in [1.82, 2.24) is 9.80 Å². The van der Waals surface area contributed by atoms with Crippen molar-refractivity contribution < 1.29 is 4.79 Å². The maximum atomic E-state index is 12.6. The van der Waals surface area contributed by atoms with Gasteiger partial charge in [-0.2, -0.15) is 0 Å². The fourth-order valence-corrected chi connectivity index (χ4v) is 3.63. The van der Waals surface area contributed by atoms with Gasteiger partial charge in [-0.15, -0.1) is 0 Å². The van der Waals surface area contributed by atoms with Crippen LogP contribution in [0, 0.1) is 0 Å². The van der Waals surface area contributed by atoms with Crippen molar-refractivity contribution >= 4 is 11.6 Å². The molecular formula is C17H25N3O. The minimum absolute atomic E-state index is 0.121. The summed E-state index contributed by atoms with van der Waals surface area (Å²) in [6.45, 7) is 3.84. The van der Waals surface area contributed by atoms with E-state index >= 15 is 0 Å². The van der Waals surface area contributed by atoms with Crippen LogP contribution in [0.1, 0.15) is 42.5 Å². The van der Waals surface area contributed by atoms with Gasteiger partial charge < -0.3 is 10.6 Å². The van der Waals surface area contributed by atoms with E-state index in [1.54, 1.807) is 6.07 Å². The molecule has 1 aromatic carbocycles. The van der Waals surface area contributed by atoms with E-state index in [1.165, 1.54) is 25.7 Å². The molecule has 0 bridgehead atoms. The molecule has 4 nitrogen and oxygen atoms in total. The first kappa shape index (κ1) is 14.4. The molecule has 3 rings (SSSR count). The van der Waals surface area contributed by atoms with Crippen LogP contribution in [0.4, 0.5) is 5.69 Å². The molecule has 0 unspecified atom stereocenters. The number of anilines is 1. The molecule has 21 heavy (non-hydrogen) atoms. The standard InChI is InChI=1S/C17H25N3O/c18-15-6-3-5-14(13-15)17(21)20-10-4-9-19(11-12-20)16-7-1-2-8-16/h3,5-6,13,16H,1-2,4,7-12,18H2. The number of hydrogen-bond acceptors (Lipinski definition) is 3. The largest absolute Gasteiger partial charge is 0.399 e. The van der Waals surface area contributed by atoms with Crippen molar-refractivity contribution in [2.45, 2.75) is 38.1 Å². The summed E-state index contributed by atoms with van der Waals surface area (Å²) < 4.78 is 0. The Morgan fingerprint density at radius 2 is 1.86 bits per heavy atom. The average molecular weight is 287 g/mol. The summed E-state index contributed by atoms with van der Waals surface area (Å²) in [7, 11) is 0. The van der Waals surface area contributed by atoms with Gasteiger partial charge in [-0.05, 0) is 37.5 Å². The van der Waals surface area contributed by atoms with Crippen LogP contribution in [0.25, 0.3) is 0 Å². The first-order chi connectivity index (χ1) is 10.2. The summed E-state index contributed by atoms with van der Waals surface area (Å²) >= 11 is 0. The monoisotopic (exact) mass is 287 g/mol. The summed E-state index contributed by atoms with van der Waals surface area (Å²) in [5.74, 6) is 0.121. The number of nitrogens with two attached hydrogens (primary N) is 1. The van der Waals surface area contributed by atoms with E-state index in [-0.39, 0.29) is 5.91 Å². The number of amides is 1. The molecule has 2 N–H and O–H groups in total. The molecule has 0 spiro atoms. The lowest BCUT2D eigenvalue weighted by molar-refractivity contribution is 0.0758. The Morgan fingerprint density at radius 1 is 1.05 bits per heavy atom. The maximum absolute atomic E-state index is 12.6. The molecule has 1 saturated carbocycles. The van der Waals surface area contributed by atoms with Crippen LogP contribution >= 0.6 is 0 Å². The van der Waals surface area contributed by atoms with Crippen molar-refractivity contribution in [3.05, 3.63) is 29.8 Å². The summed E-state index contributed by atoms with van der Waals surface area (Å²) in [5.41, 5.74) is 7.15. The van der Waals surface area contributed by atoms with Gasteiger partial charge >= 0.3 is 0 Å². The van der Waals surface area contributed by atoms with Crippen molar-refractivity contribution in [2.24, 2.45) is 0 Å². The Morgan fingerprint density at radius 3 is 2.62 bits per heavy atom. The van der Waals surface area contributed by atoms with Crippen LogP contribution in [0.15, 0.2) is 24.3 Å². The Hall–Kier alpha value is -1.55. The van der Waals surface area contributed by atoms with E-state index in [0.29, 0.717) is 11.3 Å². The average Bonchev–Trinajstić information content (AvgIpc) is 2.91. The predicted octanol–water partition coefficient (Wildman–Crippen LogP) is 2.36. The molecule has 2 aliphatic rings. The first-order valence-electron chi connectivity index (χ1n) is 8.13. The second kappa shape index (κ2) is 6.48. The van der Waals surface area contributed by atoms with Gasteiger partial charge in [0.1, 0.15) is 0 Å². The number of nitrogens with zero attached hydrogens (tertiary/aromatic N) is 2. The number of carbonyl (C=O) groups is 1. The minimum Gasteiger partial charge on any atom is -0.399 e. The second-order valence-electron chi connectivity index (χ2n) is 6.25. The maximum Gasteiger partial charge on any atom is 0.253 e. The summed E-state index contributed by atoms with van der Waals surface area (Å²) in [6, 6.07) is 8.07. The van der Waals surface area contributed by atoms with Gasteiger partial charge in [0.15, 0.2) is 0 Å². The molecule has 1 saturated heterocycles. The highest BCUT2D eigenvalue weighted by Gasteiger charge is 2.26. The highest BCUT2D eigenvalue weighted by molar-refractivity contribution is 5.95. The first-order valence-corrected chi connectivity index (χ1v) is 8.13. The van der Waals surface area contributed by atoms with E-state index in [4.69, 9.17) is 5.73 Å². The molecule has 1 heterocycles. The van der Waals surface area contributed by atoms with E-state index < -0.39 is 0 Å². The lowest BCUT2D eigenvalue weighted by atomic mass is 10.1. The summed E-state index contributed by atoms with van der Waals surface area (Å²) in [6.07, 6.45) is 6.48. The minimum atomic E-state index is 0.121. The fourth-order valence-electron chi connectivity index (χ4n) is 3.63. The highest BCUT2D eigenvalue weighted by Crippen LogP contribution is 2.24. The lowest BCUT2D eigenvalue weighted by Crippen LogP contribution is -2.38. The zero-order valence-corrected chi connectivity index (χ0v) is 12.6. The molecule has 0 aromatic heterocycles. The number of rotatable bonds is 2. The van der Waals surface area contributed by atoms with Gasteiger partial charge in [0.05, 0.1) is 0 Å². The Kier molecular flexibility index (Phi) is 4.44. The van der Waals surface area contributed by atoms with Crippen LogP contribution in [0.2, 0.25) is 0 Å². The number of nitrogen functional groups attached to an aromatic ring is 1. The van der Waals surface area contributed by atoms with Gasteiger partial charge in [0.2, 0.25) is 0 Å². The molecule has 1 aliphatic carbocycles. The van der Waals surface area contributed by atoms with Gasteiger partial charge in [-0.3, -0.25) is 9.69 Å². The Balaban J connectivity index is 1.63. The van der Waals surface area contributed by atoms with E-state index in [9.17, 15) is 4.79 Å².